The molecule has 0 spiro atoms. The second-order valence-electron chi connectivity index (χ2n) is 3.90. The summed E-state index contributed by atoms with van der Waals surface area (Å²) in [4.78, 5) is 3.58. The van der Waals surface area contributed by atoms with Gasteiger partial charge >= 0.3 is 0 Å². The third kappa shape index (κ3) is 6.65. The Morgan fingerprint density at radius 1 is 1.22 bits per heavy atom. The highest BCUT2D eigenvalue weighted by molar-refractivity contribution is 7.99. The van der Waals surface area contributed by atoms with E-state index in [4.69, 9.17) is 10.00 Å². The minimum Gasteiger partial charge on any atom is -0.383 e. The SMILES string of the molecule is COCCN(CCC#N)CCSc1ccccc1. The third-order valence-corrected chi connectivity index (χ3v) is 3.56. The molecule has 18 heavy (non-hydrogen) atoms. The van der Waals surface area contributed by atoms with Crippen LogP contribution in [-0.4, -0.2) is 44.0 Å². The summed E-state index contributed by atoms with van der Waals surface area (Å²) >= 11 is 1.85. The molecule has 1 aromatic rings. The normalized spacial score (nSPS) is 10.5. The Labute approximate surface area is 114 Å². The molecule has 1 rings (SSSR count). The maximum absolute atomic E-state index is 8.63. The fraction of sp³-hybridized carbons (Fsp3) is 0.500. The smallest absolute Gasteiger partial charge is 0.0635 e. The van der Waals surface area contributed by atoms with E-state index in [0.29, 0.717) is 6.42 Å². The second-order valence-corrected chi connectivity index (χ2v) is 5.07. The van der Waals surface area contributed by atoms with Crippen molar-refractivity contribution in [1.29, 1.82) is 5.26 Å². The van der Waals surface area contributed by atoms with Gasteiger partial charge in [0.25, 0.3) is 0 Å². The lowest BCUT2D eigenvalue weighted by Crippen LogP contribution is -2.30. The summed E-state index contributed by atoms with van der Waals surface area (Å²) in [5.74, 6) is 1.04. The van der Waals surface area contributed by atoms with Crippen LogP contribution in [0, 0.1) is 11.3 Å². The van der Waals surface area contributed by atoms with Gasteiger partial charge in [-0.2, -0.15) is 5.26 Å². The summed E-state index contributed by atoms with van der Waals surface area (Å²) in [5.41, 5.74) is 0. The van der Waals surface area contributed by atoms with E-state index in [-0.39, 0.29) is 0 Å². The number of methoxy groups -OCH3 is 1. The highest BCUT2D eigenvalue weighted by Crippen LogP contribution is 2.16. The molecule has 0 heterocycles. The molecule has 98 valence electrons. The van der Waals surface area contributed by atoms with Crippen molar-refractivity contribution in [3.05, 3.63) is 30.3 Å². The van der Waals surface area contributed by atoms with Crippen molar-refractivity contribution >= 4 is 11.8 Å². The van der Waals surface area contributed by atoms with Gasteiger partial charge in [-0.25, -0.2) is 0 Å². The van der Waals surface area contributed by atoms with Crippen LogP contribution >= 0.6 is 11.8 Å². The molecule has 0 aliphatic rings. The highest BCUT2D eigenvalue weighted by Gasteiger charge is 2.04. The molecule has 0 saturated heterocycles. The summed E-state index contributed by atoms with van der Waals surface area (Å²) in [6.07, 6.45) is 0.583. The number of ether oxygens (including phenoxy) is 1. The van der Waals surface area contributed by atoms with Gasteiger partial charge in [-0.3, -0.25) is 4.90 Å². The van der Waals surface area contributed by atoms with Crippen molar-refractivity contribution in [3.8, 4) is 6.07 Å². The molecule has 0 unspecified atom stereocenters. The lowest BCUT2D eigenvalue weighted by atomic mass is 10.4. The molecular formula is C14H20N2OS. The standard InChI is InChI=1S/C14H20N2OS/c1-17-12-10-16(9-5-8-15)11-13-18-14-6-3-2-4-7-14/h2-4,6-7H,5,9-13H2,1H3. The molecule has 3 nitrogen and oxygen atoms in total. The van der Waals surface area contributed by atoms with Crippen molar-refractivity contribution in [2.75, 3.05) is 39.1 Å². The van der Waals surface area contributed by atoms with Gasteiger partial charge in [0.15, 0.2) is 0 Å². The molecule has 0 aliphatic heterocycles. The van der Waals surface area contributed by atoms with Crippen LogP contribution in [-0.2, 0) is 4.74 Å². The maximum Gasteiger partial charge on any atom is 0.0635 e. The van der Waals surface area contributed by atoms with E-state index in [1.165, 1.54) is 4.90 Å². The zero-order chi connectivity index (χ0) is 13.1. The average Bonchev–Trinajstić information content (AvgIpc) is 2.42. The van der Waals surface area contributed by atoms with Crippen LogP contribution in [0.4, 0.5) is 0 Å². The lowest BCUT2D eigenvalue weighted by Gasteiger charge is -2.20. The number of hydrogen-bond acceptors (Lipinski definition) is 4. The van der Waals surface area contributed by atoms with E-state index in [1.807, 2.05) is 17.8 Å². The fourth-order valence-electron chi connectivity index (χ4n) is 1.57. The van der Waals surface area contributed by atoms with Crippen LogP contribution in [0.2, 0.25) is 0 Å². The molecule has 0 radical (unpaired) electrons. The largest absolute Gasteiger partial charge is 0.383 e. The molecule has 1 aromatic carbocycles. The van der Waals surface area contributed by atoms with Gasteiger partial charge in [-0.1, -0.05) is 18.2 Å². The van der Waals surface area contributed by atoms with E-state index in [9.17, 15) is 0 Å². The van der Waals surface area contributed by atoms with Gasteiger partial charge < -0.3 is 4.74 Å². The predicted octanol–water partition coefficient (Wildman–Crippen LogP) is 2.64. The third-order valence-electron chi connectivity index (χ3n) is 2.57. The van der Waals surface area contributed by atoms with E-state index in [0.717, 1.165) is 32.0 Å². The van der Waals surface area contributed by atoms with Gasteiger partial charge in [-0.15, -0.1) is 11.8 Å². The fourth-order valence-corrected chi connectivity index (χ4v) is 2.51. The van der Waals surface area contributed by atoms with E-state index in [2.05, 4.69) is 35.2 Å². The number of nitriles is 1. The first-order valence-corrected chi connectivity index (χ1v) is 7.11. The topological polar surface area (TPSA) is 36.3 Å². The number of nitrogens with zero attached hydrogens (tertiary/aromatic N) is 2. The average molecular weight is 264 g/mol. The first-order chi connectivity index (χ1) is 8.86. The van der Waals surface area contributed by atoms with E-state index < -0.39 is 0 Å². The van der Waals surface area contributed by atoms with Gasteiger partial charge in [0.2, 0.25) is 0 Å². The van der Waals surface area contributed by atoms with Gasteiger partial charge in [0, 0.05) is 43.8 Å². The van der Waals surface area contributed by atoms with Gasteiger partial charge in [-0.05, 0) is 12.1 Å². The minimum absolute atomic E-state index is 0.583. The molecule has 0 aliphatic carbocycles. The van der Waals surface area contributed by atoms with Crippen LogP contribution in [0.25, 0.3) is 0 Å². The Hall–Kier alpha value is -1.02. The van der Waals surface area contributed by atoms with Crippen LogP contribution < -0.4 is 0 Å². The molecule has 0 amide bonds. The van der Waals surface area contributed by atoms with Crippen LogP contribution in [0.15, 0.2) is 35.2 Å². The molecular weight excluding hydrogens is 244 g/mol. The molecule has 0 saturated carbocycles. The first-order valence-electron chi connectivity index (χ1n) is 6.13. The minimum atomic E-state index is 0.583. The Kier molecular flexibility index (Phi) is 8.32. The lowest BCUT2D eigenvalue weighted by molar-refractivity contribution is 0.153. The molecule has 4 heteroatoms. The molecule has 0 bridgehead atoms. The summed E-state index contributed by atoms with van der Waals surface area (Å²) in [5, 5.41) is 8.63. The summed E-state index contributed by atoms with van der Waals surface area (Å²) in [7, 11) is 1.71. The molecule has 0 atom stereocenters. The maximum atomic E-state index is 8.63. The van der Waals surface area contributed by atoms with Crippen molar-refractivity contribution in [3.63, 3.8) is 0 Å². The Bertz CT molecular complexity index is 351. The number of thioether (sulfide) groups is 1. The van der Waals surface area contributed by atoms with E-state index >= 15 is 0 Å². The number of benzene rings is 1. The van der Waals surface area contributed by atoms with E-state index in [1.54, 1.807) is 7.11 Å². The van der Waals surface area contributed by atoms with Crippen molar-refractivity contribution in [2.24, 2.45) is 0 Å². The molecule has 0 N–H and O–H groups in total. The van der Waals surface area contributed by atoms with Crippen LogP contribution in [0.5, 0.6) is 0 Å². The zero-order valence-electron chi connectivity index (χ0n) is 10.8. The zero-order valence-corrected chi connectivity index (χ0v) is 11.7. The van der Waals surface area contributed by atoms with Gasteiger partial charge in [0.05, 0.1) is 12.7 Å². The Morgan fingerprint density at radius 2 is 2.00 bits per heavy atom. The van der Waals surface area contributed by atoms with Crippen molar-refractivity contribution in [2.45, 2.75) is 11.3 Å². The van der Waals surface area contributed by atoms with Crippen LogP contribution in [0.3, 0.4) is 0 Å². The first kappa shape index (κ1) is 15.0. The summed E-state index contributed by atoms with van der Waals surface area (Å²) in [6, 6.07) is 12.6. The molecule has 0 aromatic heterocycles. The summed E-state index contributed by atoms with van der Waals surface area (Å²) in [6.45, 7) is 3.44. The predicted molar refractivity (Wildman–Crippen MR) is 75.7 cm³/mol. The monoisotopic (exact) mass is 264 g/mol. The van der Waals surface area contributed by atoms with Crippen molar-refractivity contribution < 1.29 is 4.74 Å². The number of rotatable bonds is 9. The van der Waals surface area contributed by atoms with Crippen LogP contribution in [0.1, 0.15) is 6.42 Å². The quantitative estimate of drug-likeness (QED) is 0.642. The Balaban J connectivity index is 2.25. The van der Waals surface area contributed by atoms with Gasteiger partial charge in [0.1, 0.15) is 0 Å². The summed E-state index contributed by atoms with van der Waals surface area (Å²) < 4.78 is 5.09. The van der Waals surface area contributed by atoms with Crippen molar-refractivity contribution in [1.82, 2.24) is 4.90 Å². The number of hydrogen-bond donors (Lipinski definition) is 0. The second kappa shape index (κ2) is 9.95. The molecule has 0 fully saturated rings. The Morgan fingerprint density at radius 3 is 2.67 bits per heavy atom. The highest BCUT2D eigenvalue weighted by atomic mass is 32.2.